The summed E-state index contributed by atoms with van der Waals surface area (Å²) in [4.78, 5) is 26.0. The van der Waals surface area contributed by atoms with Crippen molar-refractivity contribution in [1.82, 2.24) is 10.2 Å². The molecule has 1 fully saturated rings. The van der Waals surface area contributed by atoms with Crippen LogP contribution in [-0.4, -0.2) is 47.2 Å². The zero-order chi connectivity index (χ0) is 16.9. The van der Waals surface area contributed by atoms with Crippen molar-refractivity contribution in [3.05, 3.63) is 0 Å². The van der Waals surface area contributed by atoms with Gasteiger partial charge in [-0.15, -0.1) is 0 Å². The SMILES string of the molecule is CC(C)N(C(=O)OC(C)(C)C)[C@H]1CCCC[C@@H]1NC(=O)CN. The fourth-order valence-electron chi connectivity index (χ4n) is 2.92. The first-order chi connectivity index (χ1) is 10.2. The van der Waals surface area contributed by atoms with Crippen molar-refractivity contribution in [3.8, 4) is 0 Å². The molecule has 3 N–H and O–H groups in total. The Morgan fingerprint density at radius 3 is 2.36 bits per heavy atom. The average Bonchev–Trinajstić information content (AvgIpc) is 2.38. The molecule has 1 saturated carbocycles. The maximum atomic E-state index is 12.6. The molecule has 0 unspecified atom stereocenters. The summed E-state index contributed by atoms with van der Waals surface area (Å²) in [5, 5.41) is 2.96. The fourth-order valence-corrected chi connectivity index (χ4v) is 2.92. The van der Waals surface area contributed by atoms with E-state index in [2.05, 4.69) is 5.32 Å². The molecule has 1 rings (SSSR count). The number of amides is 2. The molecule has 0 spiro atoms. The third kappa shape index (κ3) is 5.48. The molecule has 2 atom stereocenters. The predicted molar refractivity (Wildman–Crippen MR) is 86.5 cm³/mol. The van der Waals surface area contributed by atoms with Gasteiger partial charge in [-0.05, 0) is 47.5 Å². The normalized spacial score (nSPS) is 22.3. The monoisotopic (exact) mass is 313 g/mol. The van der Waals surface area contributed by atoms with Crippen LogP contribution in [0.15, 0.2) is 0 Å². The Hall–Kier alpha value is -1.30. The predicted octanol–water partition coefficient (Wildman–Crippen LogP) is 2.02. The summed E-state index contributed by atoms with van der Waals surface area (Å²) in [6.07, 6.45) is 3.51. The zero-order valence-electron chi connectivity index (χ0n) is 14.5. The molecule has 0 bridgehead atoms. The molecular formula is C16H31N3O3. The summed E-state index contributed by atoms with van der Waals surface area (Å²) in [7, 11) is 0. The standard InChI is InChI=1S/C16H31N3O3/c1-11(2)19(15(21)22-16(3,4)5)13-9-7-6-8-12(13)18-14(20)10-17/h11-13H,6-10,17H2,1-5H3,(H,18,20)/t12-,13-/m0/s1. The molecule has 2 amide bonds. The number of ether oxygens (including phenoxy) is 1. The second-order valence-corrected chi connectivity index (χ2v) is 7.21. The van der Waals surface area contributed by atoms with E-state index >= 15 is 0 Å². The van der Waals surface area contributed by atoms with Gasteiger partial charge < -0.3 is 20.7 Å². The zero-order valence-corrected chi connectivity index (χ0v) is 14.5. The molecule has 0 heterocycles. The maximum Gasteiger partial charge on any atom is 0.410 e. The van der Waals surface area contributed by atoms with E-state index in [1.54, 1.807) is 4.90 Å². The first-order valence-electron chi connectivity index (χ1n) is 8.16. The van der Waals surface area contributed by atoms with Crippen LogP contribution in [0.4, 0.5) is 4.79 Å². The highest BCUT2D eigenvalue weighted by atomic mass is 16.6. The average molecular weight is 313 g/mol. The minimum absolute atomic E-state index is 0.00947. The van der Waals surface area contributed by atoms with E-state index in [1.807, 2.05) is 34.6 Å². The molecule has 128 valence electrons. The van der Waals surface area contributed by atoms with Crippen molar-refractivity contribution in [2.45, 2.75) is 84.0 Å². The summed E-state index contributed by atoms with van der Waals surface area (Å²) in [5.41, 5.74) is 4.86. The summed E-state index contributed by atoms with van der Waals surface area (Å²) in [6.45, 7) is 9.49. The van der Waals surface area contributed by atoms with E-state index in [4.69, 9.17) is 10.5 Å². The van der Waals surface area contributed by atoms with Gasteiger partial charge in [0.15, 0.2) is 0 Å². The third-order valence-electron chi connectivity index (χ3n) is 3.78. The maximum absolute atomic E-state index is 12.6. The highest BCUT2D eigenvalue weighted by Crippen LogP contribution is 2.26. The fraction of sp³-hybridized carbons (Fsp3) is 0.875. The van der Waals surface area contributed by atoms with Crippen molar-refractivity contribution in [2.75, 3.05) is 6.54 Å². The van der Waals surface area contributed by atoms with Gasteiger partial charge in [-0.1, -0.05) is 12.8 Å². The number of hydrogen-bond donors (Lipinski definition) is 2. The van der Waals surface area contributed by atoms with Crippen LogP contribution in [-0.2, 0) is 9.53 Å². The Morgan fingerprint density at radius 2 is 1.86 bits per heavy atom. The van der Waals surface area contributed by atoms with Gasteiger partial charge in [-0.25, -0.2) is 4.79 Å². The second-order valence-electron chi connectivity index (χ2n) is 7.21. The summed E-state index contributed by atoms with van der Waals surface area (Å²) < 4.78 is 5.54. The van der Waals surface area contributed by atoms with Crippen LogP contribution >= 0.6 is 0 Å². The molecular weight excluding hydrogens is 282 g/mol. The summed E-state index contributed by atoms with van der Waals surface area (Å²) in [6, 6.07) is -0.0888. The van der Waals surface area contributed by atoms with E-state index < -0.39 is 5.60 Å². The van der Waals surface area contributed by atoms with Crippen LogP contribution in [0.5, 0.6) is 0 Å². The van der Waals surface area contributed by atoms with Gasteiger partial charge in [-0.3, -0.25) is 4.79 Å². The molecule has 0 aliphatic heterocycles. The van der Waals surface area contributed by atoms with Gasteiger partial charge in [0, 0.05) is 12.1 Å². The highest BCUT2D eigenvalue weighted by molar-refractivity contribution is 5.78. The first-order valence-corrected chi connectivity index (χ1v) is 8.16. The quantitative estimate of drug-likeness (QED) is 0.831. The molecule has 22 heavy (non-hydrogen) atoms. The molecule has 0 aromatic heterocycles. The lowest BCUT2D eigenvalue weighted by Gasteiger charge is -2.42. The lowest BCUT2D eigenvalue weighted by Crippen LogP contribution is -2.58. The van der Waals surface area contributed by atoms with Gasteiger partial charge >= 0.3 is 6.09 Å². The Labute approximate surface area is 133 Å². The number of carbonyl (C=O) groups is 2. The molecule has 0 aromatic carbocycles. The van der Waals surface area contributed by atoms with E-state index in [0.29, 0.717) is 0 Å². The molecule has 1 aliphatic carbocycles. The molecule has 6 nitrogen and oxygen atoms in total. The van der Waals surface area contributed by atoms with E-state index in [1.165, 1.54) is 0 Å². The van der Waals surface area contributed by atoms with Crippen LogP contribution in [0.25, 0.3) is 0 Å². The van der Waals surface area contributed by atoms with E-state index in [0.717, 1.165) is 25.7 Å². The van der Waals surface area contributed by atoms with Gasteiger partial charge in [0.05, 0.1) is 12.6 Å². The lowest BCUT2D eigenvalue weighted by atomic mass is 9.88. The van der Waals surface area contributed by atoms with Crippen LogP contribution in [0.1, 0.15) is 60.3 Å². The Bertz CT molecular complexity index is 391. The van der Waals surface area contributed by atoms with Crippen molar-refractivity contribution in [1.29, 1.82) is 0 Å². The number of nitrogens with one attached hydrogen (secondary N) is 1. The molecule has 0 radical (unpaired) electrons. The summed E-state index contributed by atoms with van der Waals surface area (Å²) >= 11 is 0. The summed E-state index contributed by atoms with van der Waals surface area (Å²) in [5.74, 6) is -0.176. The second kappa shape index (κ2) is 7.81. The van der Waals surface area contributed by atoms with Crippen molar-refractivity contribution in [2.24, 2.45) is 5.73 Å². The van der Waals surface area contributed by atoms with Crippen LogP contribution in [0, 0.1) is 0 Å². The third-order valence-corrected chi connectivity index (χ3v) is 3.78. The van der Waals surface area contributed by atoms with Crippen LogP contribution in [0.2, 0.25) is 0 Å². The van der Waals surface area contributed by atoms with Gasteiger partial charge in [-0.2, -0.15) is 0 Å². The molecule has 6 heteroatoms. The van der Waals surface area contributed by atoms with Gasteiger partial charge in [0.25, 0.3) is 0 Å². The van der Waals surface area contributed by atoms with Gasteiger partial charge in [0.1, 0.15) is 5.60 Å². The van der Waals surface area contributed by atoms with Gasteiger partial charge in [0.2, 0.25) is 5.91 Å². The molecule has 1 aliphatic rings. The van der Waals surface area contributed by atoms with E-state index in [-0.39, 0.29) is 36.7 Å². The van der Waals surface area contributed by atoms with Crippen LogP contribution < -0.4 is 11.1 Å². The molecule has 0 saturated heterocycles. The topological polar surface area (TPSA) is 84.7 Å². The minimum atomic E-state index is -0.533. The Balaban J connectivity index is 2.90. The van der Waals surface area contributed by atoms with Crippen molar-refractivity contribution < 1.29 is 14.3 Å². The first kappa shape index (κ1) is 18.7. The number of nitrogens with two attached hydrogens (primary N) is 1. The lowest BCUT2D eigenvalue weighted by molar-refractivity contribution is -0.121. The number of nitrogens with zero attached hydrogens (tertiary/aromatic N) is 1. The van der Waals surface area contributed by atoms with Crippen molar-refractivity contribution >= 4 is 12.0 Å². The number of rotatable bonds is 4. The number of carbonyl (C=O) groups excluding carboxylic acids is 2. The Kier molecular flexibility index (Phi) is 6.66. The Morgan fingerprint density at radius 1 is 1.27 bits per heavy atom. The van der Waals surface area contributed by atoms with Crippen LogP contribution in [0.3, 0.4) is 0 Å². The molecule has 0 aromatic rings. The minimum Gasteiger partial charge on any atom is -0.444 e. The number of hydrogen-bond acceptors (Lipinski definition) is 4. The highest BCUT2D eigenvalue weighted by Gasteiger charge is 2.37. The van der Waals surface area contributed by atoms with E-state index in [9.17, 15) is 9.59 Å². The largest absolute Gasteiger partial charge is 0.444 e. The van der Waals surface area contributed by atoms with Crippen molar-refractivity contribution in [3.63, 3.8) is 0 Å². The smallest absolute Gasteiger partial charge is 0.410 e.